The quantitative estimate of drug-likeness (QED) is 0.880. The number of anilines is 1. The molecule has 2 rings (SSSR count). The molecule has 3 N–H and O–H groups in total. The largest absolute Gasteiger partial charge is 0.417 e. The van der Waals surface area contributed by atoms with Gasteiger partial charge in [-0.3, -0.25) is 0 Å². The summed E-state index contributed by atoms with van der Waals surface area (Å²) >= 11 is 0. The Morgan fingerprint density at radius 2 is 1.84 bits per heavy atom. The molecule has 6 heteroatoms. The zero-order valence-electron chi connectivity index (χ0n) is 9.78. The average molecular weight is 268 g/mol. The highest BCUT2D eigenvalue weighted by Gasteiger charge is 2.33. The summed E-state index contributed by atoms with van der Waals surface area (Å²) in [5, 5.41) is 9.23. The monoisotopic (exact) mass is 268 g/mol. The number of nitrogens with two attached hydrogens (primary N) is 1. The number of pyridine rings is 1. The first kappa shape index (κ1) is 13.4. The van der Waals surface area contributed by atoms with E-state index in [1.54, 1.807) is 0 Å². The van der Waals surface area contributed by atoms with Crippen molar-refractivity contribution in [1.82, 2.24) is 4.98 Å². The number of nitrogen functional groups attached to an aromatic ring is 1. The molecule has 0 radical (unpaired) electrons. The molecule has 0 aliphatic carbocycles. The van der Waals surface area contributed by atoms with Gasteiger partial charge in [-0.25, -0.2) is 4.98 Å². The number of aromatic nitrogens is 1. The third kappa shape index (κ3) is 2.68. The van der Waals surface area contributed by atoms with E-state index in [1.165, 1.54) is 30.5 Å². The van der Waals surface area contributed by atoms with Crippen LogP contribution < -0.4 is 5.73 Å². The van der Waals surface area contributed by atoms with Crippen LogP contribution in [0.5, 0.6) is 0 Å². The van der Waals surface area contributed by atoms with Gasteiger partial charge in [-0.1, -0.05) is 18.2 Å². The topological polar surface area (TPSA) is 59.1 Å². The molecule has 0 aliphatic rings. The number of hydrogen-bond acceptors (Lipinski definition) is 3. The van der Waals surface area contributed by atoms with Gasteiger partial charge in [-0.15, -0.1) is 0 Å². The molecule has 2 aromatic rings. The maximum absolute atomic E-state index is 12.9. The molecule has 19 heavy (non-hydrogen) atoms. The normalized spacial score (nSPS) is 11.6. The molecular formula is C13H11F3N2O. The number of aliphatic hydroxyl groups excluding tert-OH is 1. The summed E-state index contributed by atoms with van der Waals surface area (Å²) < 4.78 is 38.8. The fourth-order valence-corrected chi connectivity index (χ4v) is 1.85. The van der Waals surface area contributed by atoms with E-state index < -0.39 is 18.3 Å². The third-order valence-corrected chi connectivity index (χ3v) is 2.70. The summed E-state index contributed by atoms with van der Waals surface area (Å²) in [4.78, 5) is 3.79. The molecule has 0 unspecified atom stereocenters. The van der Waals surface area contributed by atoms with Gasteiger partial charge in [-0.2, -0.15) is 13.2 Å². The Bertz CT molecular complexity index is 597. The highest BCUT2D eigenvalue weighted by Crippen LogP contribution is 2.38. The second-order valence-electron chi connectivity index (χ2n) is 3.97. The van der Waals surface area contributed by atoms with Crippen LogP contribution in [0.25, 0.3) is 11.1 Å². The molecule has 0 aliphatic heterocycles. The second-order valence-corrected chi connectivity index (χ2v) is 3.97. The number of benzene rings is 1. The number of rotatable bonds is 2. The molecule has 0 fully saturated rings. The van der Waals surface area contributed by atoms with E-state index in [0.717, 1.165) is 6.07 Å². The first-order valence-electron chi connectivity index (χ1n) is 5.45. The minimum Gasteiger partial charge on any atom is -0.392 e. The zero-order valence-corrected chi connectivity index (χ0v) is 9.78. The minimum atomic E-state index is -4.47. The van der Waals surface area contributed by atoms with Crippen LogP contribution in [-0.4, -0.2) is 10.1 Å². The summed E-state index contributed by atoms with van der Waals surface area (Å²) in [6, 6.07) is 6.52. The van der Waals surface area contributed by atoms with E-state index in [1.807, 2.05) is 0 Å². The molecule has 100 valence electrons. The summed E-state index contributed by atoms with van der Waals surface area (Å²) in [5.74, 6) is 0.150. The van der Waals surface area contributed by atoms with Crippen LogP contribution in [0.1, 0.15) is 11.1 Å². The summed E-state index contributed by atoms with van der Waals surface area (Å²) in [5.41, 5.74) is 5.21. The number of halogens is 3. The molecule has 0 saturated carbocycles. The van der Waals surface area contributed by atoms with Crippen LogP contribution >= 0.6 is 0 Å². The van der Waals surface area contributed by atoms with Crippen molar-refractivity contribution in [3.8, 4) is 11.1 Å². The van der Waals surface area contributed by atoms with Gasteiger partial charge in [0.2, 0.25) is 0 Å². The Balaban J connectivity index is 2.66. The number of hydrogen-bond donors (Lipinski definition) is 2. The molecular weight excluding hydrogens is 257 g/mol. The molecule has 0 saturated heterocycles. The Morgan fingerprint density at radius 3 is 2.47 bits per heavy atom. The van der Waals surface area contributed by atoms with Gasteiger partial charge < -0.3 is 10.8 Å². The minimum absolute atomic E-state index is 0.0217. The fourth-order valence-electron chi connectivity index (χ4n) is 1.85. The first-order valence-corrected chi connectivity index (χ1v) is 5.45. The lowest BCUT2D eigenvalue weighted by atomic mass is 9.97. The van der Waals surface area contributed by atoms with Crippen LogP contribution in [-0.2, 0) is 12.8 Å². The van der Waals surface area contributed by atoms with Gasteiger partial charge >= 0.3 is 6.18 Å². The lowest BCUT2D eigenvalue weighted by Crippen LogP contribution is -2.08. The predicted octanol–water partition coefficient (Wildman–Crippen LogP) is 2.84. The molecule has 1 heterocycles. The Labute approximate surface area is 107 Å². The van der Waals surface area contributed by atoms with E-state index in [2.05, 4.69) is 4.98 Å². The lowest BCUT2D eigenvalue weighted by Gasteiger charge is -2.15. The van der Waals surface area contributed by atoms with Crippen molar-refractivity contribution in [1.29, 1.82) is 0 Å². The van der Waals surface area contributed by atoms with Gasteiger partial charge in [0.25, 0.3) is 0 Å². The van der Waals surface area contributed by atoms with Crippen molar-refractivity contribution in [2.24, 2.45) is 0 Å². The molecule has 1 aromatic heterocycles. The maximum atomic E-state index is 12.9. The van der Waals surface area contributed by atoms with Crippen LogP contribution in [0.15, 0.2) is 36.5 Å². The molecule has 0 spiro atoms. The molecule has 1 aromatic carbocycles. The number of aliphatic hydroxyl groups is 1. The van der Waals surface area contributed by atoms with Gasteiger partial charge in [0.05, 0.1) is 12.2 Å². The Morgan fingerprint density at radius 1 is 1.16 bits per heavy atom. The Hall–Kier alpha value is -2.08. The molecule has 3 nitrogen and oxygen atoms in total. The zero-order chi connectivity index (χ0) is 14.0. The molecule has 0 amide bonds. The average Bonchev–Trinajstić information content (AvgIpc) is 2.37. The van der Waals surface area contributed by atoms with Crippen molar-refractivity contribution in [2.75, 3.05) is 5.73 Å². The van der Waals surface area contributed by atoms with Gasteiger partial charge in [-0.05, 0) is 23.3 Å². The predicted molar refractivity (Wildman–Crippen MR) is 65.0 cm³/mol. The third-order valence-electron chi connectivity index (χ3n) is 2.70. The van der Waals surface area contributed by atoms with Crippen molar-refractivity contribution in [3.63, 3.8) is 0 Å². The molecule has 0 bridgehead atoms. The highest BCUT2D eigenvalue weighted by atomic mass is 19.4. The lowest BCUT2D eigenvalue weighted by molar-refractivity contribution is -0.137. The van der Waals surface area contributed by atoms with E-state index >= 15 is 0 Å². The van der Waals surface area contributed by atoms with Gasteiger partial charge in [0.1, 0.15) is 5.82 Å². The van der Waals surface area contributed by atoms with Crippen LogP contribution in [0.2, 0.25) is 0 Å². The van der Waals surface area contributed by atoms with E-state index in [4.69, 9.17) is 5.73 Å². The highest BCUT2D eigenvalue weighted by molar-refractivity contribution is 5.71. The summed E-state index contributed by atoms with van der Waals surface area (Å²) in [7, 11) is 0. The van der Waals surface area contributed by atoms with Crippen molar-refractivity contribution in [3.05, 3.63) is 47.7 Å². The second kappa shape index (κ2) is 4.89. The maximum Gasteiger partial charge on any atom is 0.417 e. The number of nitrogens with zero attached hydrogens (tertiary/aromatic N) is 1. The van der Waals surface area contributed by atoms with Crippen molar-refractivity contribution < 1.29 is 18.3 Å². The summed E-state index contributed by atoms with van der Waals surface area (Å²) in [6.45, 7) is -0.408. The van der Waals surface area contributed by atoms with E-state index in [9.17, 15) is 18.3 Å². The van der Waals surface area contributed by atoms with E-state index in [0.29, 0.717) is 5.56 Å². The summed E-state index contributed by atoms with van der Waals surface area (Å²) in [6.07, 6.45) is -3.23. The van der Waals surface area contributed by atoms with Crippen LogP contribution in [0, 0.1) is 0 Å². The smallest absolute Gasteiger partial charge is 0.392 e. The number of alkyl halides is 3. The SMILES string of the molecule is Nc1cc(CO)c(-c2ccccc2C(F)(F)F)cn1. The van der Waals surface area contributed by atoms with Crippen molar-refractivity contribution in [2.45, 2.75) is 12.8 Å². The van der Waals surface area contributed by atoms with Crippen molar-refractivity contribution >= 4 is 5.82 Å². The van der Waals surface area contributed by atoms with Crippen LogP contribution in [0.4, 0.5) is 19.0 Å². The van der Waals surface area contributed by atoms with E-state index in [-0.39, 0.29) is 16.9 Å². The fraction of sp³-hybridized carbons (Fsp3) is 0.154. The Kier molecular flexibility index (Phi) is 3.44. The van der Waals surface area contributed by atoms with Crippen LogP contribution in [0.3, 0.4) is 0 Å². The van der Waals surface area contributed by atoms with Gasteiger partial charge in [0, 0.05) is 11.8 Å². The van der Waals surface area contributed by atoms with Gasteiger partial charge in [0.15, 0.2) is 0 Å². The standard InChI is InChI=1S/C13H11F3N2O/c14-13(15,16)11-4-2-1-3-9(11)10-6-18-12(17)5-8(10)7-19/h1-6,19H,7H2,(H2,17,18). The first-order chi connectivity index (χ1) is 8.93. The molecule has 0 atom stereocenters.